The summed E-state index contributed by atoms with van der Waals surface area (Å²) in [6, 6.07) is 0. The van der Waals surface area contributed by atoms with Crippen molar-refractivity contribution in [1.29, 1.82) is 0 Å². The van der Waals surface area contributed by atoms with Crippen LogP contribution in [0, 0.1) is 0 Å². The number of allylic oxidation sites excluding steroid dienone is 4. The largest absolute Gasteiger partial charge is 0.0882 e. The summed E-state index contributed by atoms with van der Waals surface area (Å²) < 4.78 is 0. The smallest absolute Gasteiger partial charge is 0.0166 e. The van der Waals surface area contributed by atoms with E-state index in [0.717, 1.165) is 0 Å². The van der Waals surface area contributed by atoms with Crippen LogP contribution in [-0.4, -0.2) is 0 Å². The molecule has 74 valence electrons. The molecule has 1 aliphatic carbocycles. The predicted octanol–water partition coefficient (Wildman–Crippen LogP) is 4.62. The Morgan fingerprint density at radius 2 is 2.15 bits per heavy atom. The van der Waals surface area contributed by atoms with Crippen molar-refractivity contribution in [3.63, 3.8) is 0 Å². The second kappa shape index (κ2) is 6.94. The van der Waals surface area contributed by atoms with Crippen LogP contribution in [-0.2, 0) is 0 Å². The van der Waals surface area contributed by atoms with Gasteiger partial charge in [0.2, 0.25) is 0 Å². The fourth-order valence-corrected chi connectivity index (χ4v) is 1.83. The number of unbranched alkanes of at least 4 members (excludes halogenated alkanes) is 2. The zero-order valence-corrected chi connectivity index (χ0v) is 8.89. The molecule has 0 nitrogen and oxygen atoms in total. The summed E-state index contributed by atoms with van der Waals surface area (Å²) in [5.41, 5.74) is 1.71. The molecule has 0 heterocycles. The summed E-state index contributed by atoms with van der Waals surface area (Å²) in [7, 11) is 0. The zero-order chi connectivity index (χ0) is 9.36. The van der Waals surface area contributed by atoms with Crippen LogP contribution in [0.1, 0.15) is 58.3 Å². The molecule has 0 fully saturated rings. The lowest BCUT2D eigenvalue weighted by Crippen LogP contribution is -1.88. The van der Waals surface area contributed by atoms with E-state index in [4.69, 9.17) is 0 Å². The Bertz CT molecular complexity index is 174. The minimum absolute atomic E-state index is 1.17. The van der Waals surface area contributed by atoms with E-state index in [2.05, 4.69) is 25.2 Å². The molecule has 0 heteroatoms. The Kier molecular flexibility index (Phi) is 5.64. The van der Waals surface area contributed by atoms with Crippen molar-refractivity contribution in [1.82, 2.24) is 0 Å². The fraction of sp³-hybridized carbons (Fsp3) is 0.692. The quantitative estimate of drug-likeness (QED) is 0.435. The average molecular weight is 178 g/mol. The van der Waals surface area contributed by atoms with Crippen LogP contribution in [0.4, 0.5) is 0 Å². The van der Waals surface area contributed by atoms with Gasteiger partial charge in [0.05, 0.1) is 0 Å². The van der Waals surface area contributed by atoms with Crippen LogP contribution in [0.2, 0.25) is 0 Å². The van der Waals surface area contributed by atoms with Gasteiger partial charge in [-0.3, -0.25) is 0 Å². The normalized spacial score (nSPS) is 17.8. The molecule has 0 spiro atoms. The summed E-state index contributed by atoms with van der Waals surface area (Å²) in [4.78, 5) is 0. The maximum Gasteiger partial charge on any atom is -0.0166 e. The lowest BCUT2D eigenvalue weighted by atomic mass is 9.99. The van der Waals surface area contributed by atoms with Crippen LogP contribution >= 0.6 is 0 Å². The molecule has 0 N–H and O–H groups in total. The molecular weight excluding hydrogens is 156 g/mol. The molecule has 0 aliphatic heterocycles. The molecule has 0 atom stereocenters. The lowest BCUT2D eigenvalue weighted by molar-refractivity contribution is 0.680. The van der Waals surface area contributed by atoms with Crippen molar-refractivity contribution >= 4 is 0 Å². The Morgan fingerprint density at radius 1 is 1.23 bits per heavy atom. The highest BCUT2D eigenvalue weighted by molar-refractivity contribution is 5.07. The standard InChI is InChI=1S/C13H22/c1-2-3-7-10-13-11-8-5-4-6-9-12-13/h4-5,11H,2-3,6-10,12H2,1H3. The second-order valence-corrected chi connectivity index (χ2v) is 3.92. The molecule has 0 aromatic carbocycles. The van der Waals surface area contributed by atoms with Crippen molar-refractivity contribution in [3.05, 3.63) is 23.8 Å². The maximum absolute atomic E-state index is 2.44. The van der Waals surface area contributed by atoms with E-state index < -0.39 is 0 Å². The second-order valence-electron chi connectivity index (χ2n) is 3.92. The topological polar surface area (TPSA) is 0 Å². The molecule has 0 amide bonds. The first-order valence-electron chi connectivity index (χ1n) is 5.76. The van der Waals surface area contributed by atoms with Crippen molar-refractivity contribution in [2.75, 3.05) is 0 Å². The van der Waals surface area contributed by atoms with Gasteiger partial charge >= 0.3 is 0 Å². The molecule has 0 unspecified atom stereocenters. The van der Waals surface area contributed by atoms with E-state index in [0.29, 0.717) is 0 Å². The van der Waals surface area contributed by atoms with Gasteiger partial charge in [-0.2, -0.15) is 0 Å². The molecule has 0 bridgehead atoms. The van der Waals surface area contributed by atoms with Crippen molar-refractivity contribution in [2.24, 2.45) is 0 Å². The summed E-state index contributed by atoms with van der Waals surface area (Å²) in [6.45, 7) is 2.27. The molecule has 1 rings (SSSR count). The van der Waals surface area contributed by atoms with E-state index in [1.165, 1.54) is 51.4 Å². The Balaban J connectivity index is 2.24. The number of rotatable bonds is 4. The van der Waals surface area contributed by atoms with Crippen molar-refractivity contribution in [2.45, 2.75) is 58.3 Å². The van der Waals surface area contributed by atoms with E-state index in [1.54, 1.807) is 5.57 Å². The molecular formula is C13H22. The van der Waals surface area contributed by atoms with Gasteiger partial charge in [0.25, 0.3) is 0 Å². The lowest BCUT2D eigenvalue weighted by Gasteiger charge is -2.08. The molecule has 0 radical (unpaired) electrons. The summed E-state index contributed by atoms with van der Waals surface area (Å²) in [5, 5.41) is 0. The molecule has 0 aromatic heterocycles. The Labute approximate surface area is 82.7 Å². The number of hydrogen-bond acceptors (Lipinski definition) is 0. The van der Waals surface area contributed by atoms with Gasteiger partial charge in [-0.1, -0.05) is 43.6 Å². The van der Waals surface area contributed by atoms with Gasteiger partial charge in [-0.15, -0.1) is 0 Å². The first-order valence-corrected chi connectivity index (χ1v) is 5.76. The molecule has 0 saturated carbocycles. The van der Waals surface area contributed by atoms with Crippen molar-refractivity contribution in [3.8, 4) is 0 Å². The van der Waals surface area contributed by atoms with Crippen LogP contribution in [0.5, 0.6) is 0 Å². The highest BCUT2D eigenvalue weighted by atomic mass is 14.0. The maximum atomic E-state index is 2.44. The molecule has 0 saturated heterocycles. The van der Waals surface area contributed by atoms with Gasteiger partial charge < -0.3 is 0 Å². The fourth-order valence-electron chi connectivity index (χ4n) is 1.83. The number of hydrogen-bond donors (Lipinski definition) is 0. The zero-order valence-electron chi connectivity index (χ0n) is 8.89. The summed E-state index contributed by atoms with van der Waals surface area (Å²) in [6.07, 6.45) is 17.7. The van der Waals surface area contributed by atoms with E-state index in [9.17, 15) is 0 Å². The van der Waals surface area contributed by atoms with Gasteiger partial charge in [-0.05, 0) is 38.5 Å². The van der Waals surface area contributed by atoms with Gasteiger partial charge in [0, 0.05) is 0 Å². The highest BCUT2D eigenvalue weighted by Gasteiger charge is 1.98. The Morgan fingerprint density at radius 3 is 3.00 bits per heavy atom. The highest BCUT2D eigenvalue weighted by Crippen LogP contribution is 2.18. The first-order chi connectivity index (χ1) is 6.43. The Hall–Kier alpha value is -0.520. The molecule has 1 aliphatic rings. The minimum Gasteiger partial charge on any atom is -0.0882 e. The predicted molar refractivity (Wildman–Crippen MR) is 59.8 cm³/mol. The van der Waals surface area contributed by atoms with Crippen LogP contribution in [0.15, 0.2) is 23.8 Å². The molecule has 13 heavy (non-hydrogen) atoms. The first kappa shape index (κ1) is 10.6. The van der Waals surface area contributed by atoms with Crippen LogP contribution in [0.3, 0.4) is 0 Å². The third kappa shape index (κ3) is 4.92. The van der Waals surface area contributed by atoms with Crippen LogP contribution in [0.25, 0.3) is 0 Å². The summed E-state index contributed by atoms with van der Waals surface area (Å²) >= 11 is 0. The molecule has 0 aromatic rings. The summed E-state index contributed by atoms with van der Waals surface area (Å²) in [5.74, 6) is 0. The van der Waals surface area contributed by atoms with E-state index in [1.807, 2.05) is 0 Å². The SMILES string of the molecule is CCCCCC1=CCC=CCCC1. The third-order valence-electron chi connectivity index (χ3n) is 2.68. The average Bonchev–Trinajstić information content (AvgIpc) is 2.08. The van der Waals surface area contributed by atoms with Crippen LogP contribution < -0.4 is 0 Å². The van der Waals surface area contributed by atoms with Gasteiger partial charge in [0.15, 0.2) is 0 Å². The third-order valence-corrected chi connectivity index (χ3v) is 2.68. The van der Waals surface area contributed by atoms with Gasteiger partial charge in [-0.25, -0.2) is 0 Å². The van der Waals surface area contributed by atoms with Crippen molar-refractivity contribution < 1.29 is 0 Å². The van der Waals surface area contributed by atoms with E-state index in [-0.39, 0.29) is 0 Å². The van der Waals surface area contributed by atoms with E-state index >= 15 is 0 Å². The van der Waals surface area contributed by atoms with Gasteiger partial charge in [0.1, 0.15) is 0 Å². The minimum atomic E-state index is 1.17. The monoisotopic (exact) mass is 178 g/mol.